The average Bonchev–Trinajstić information content (AvgIpc) is 2.82. The number of carbonyl (C=O) groups is 2. The van der Waals surface area contributed by atoms with Crippen LogP contribution in [-0.4, -0.2) is 52.7 Å². The molecule has 0 radical (unpaired) electrons. The van der Waals surface area contributed by atoms with E-state index in [1.807, 2.05) is 37.3 Å². The van der Waals surface area contributed by atoms with Gasteiger partial charge in [-0.1, -0.05) is 38.1 Å². The number of carbonyl (C=O) groups excluding carboxylic acids is 2. The summed E-state index contributed by atoms with van der Waals surface area (Å²) in [5.74, 6) is -0.0594. The van der Waals surface area contributed by atoms with Gasteiger partial charge in [0, 0.05) is 18.8 Å². The van der Waals surface area contributed by atoms with Crippen molar-refractivity contribution in [2.75, 3.05) is 0 Å². The molecular formula is C28H34Br2O7. The van der Waals surface area contributed by atoms with Gasteiger partial charge in [0.05, 0.1) is 27.6 Å². The van der Waals surface area contributed by atoms with E-state index in [-0.39, 0.29) is 36.2 Å². The molecule has 2 aliphatic carbocycles. The van der Waals surface area contributed by atoms with Gasteiger partial charge in [0.25, 0.3) is 0 Å². The molecule has 1 fully saturated rings. The summed E-state index contributed by atoms with van der Waals surface area (Å²) in [6.45, 7) is 4.00. The fourth-order valence-corrected chi connectivity index (χ4v) is 6.85. The van der Waals surface area contributed by atoms with Gasteiger partial charge in [0.1, 0.15) is 18.0 Å². The summed E-state index contributed by atoms with van der Waals surface area (Å²) < 4.78 is 19.1. The topological polar surface area (TPSA) is 102 Å². The molecule has 1 aromatic rings. The number of rotatable bonds is 8. The number of cyclic esters (lactones) is 1. The van der Waals surface area contributed by atoms with Crippen molar-refractivity contribution in [2.24, 2.45) is 17.8 Å². The quantitative estimate of drug-likeness (QED) is 0.374. The molecule has 3 aliphatic rings. The molecule has 1 saturated heterocycles. The van der Waals surface area contributed by atoms with Crippen molar-refractivity contribution in [1.29, 1.82) is 0 Å². The molecule has 0 bridgehead atoms. The van der Waals surface area contributed by atoms with Crippen molar-refractivity contribution < 1.29 is 34.0 Å². The molecule has 1 aromatic carbocycles. The van der Waals surface area contributed by atoms with Gasteiger partial charge in [0.15, 0.2) is 6.10 Å². The molecule has 1 heterocycles. The first-order chi connectivity index (χ1) is 17.7. The summed E-state index contributed by atoms with van der Waals surface area (Å²) in [7, 11) is 0. The largest absolute Gasteiger partial charge is 0.476 e. The molecule has 202 valence electrons. The summed E-state index contributed by atoms with van der Waals surface area (Å²) in [5, 5.41) is 20.5. The number of allylic oxidation sites excluding steroid dienone is 2. The van der Waals surface area contributed by atoms with E-state index in [1.54, 1.807) is 0 Å². The number of benzene rings is 1. The van der Waals surface area contributed by atoms with E-state index in [0.29, 0.717) is 31.4 Å². The molecule has 0 aromatic heterocycles. The van der Waals surface area contributed by atoms with Crippen LogP contribution in [0.3, 0.4) is 0 Å². The molecule has 8 atom stereocenters. The molecule has 7 nitrogen and oxygen atoms in total. The van der Waals surface area contributed by atoms with Gasteiger partial charge in [-0.15, -0.1) is 0 Å². The third-order valence-corrected chi connectivity index (χ3v) is 8.76. The van der Waals surface area contributed by atoms with Crippen LogP contribution in [0.4, 0.5) is 0 Å². The fraction of sp³-hybridized carbons (Fsp3) is 0.571. The number of hydrogen-bond donors (Lipinski definition) is 2. The molecular weight excluding hydrogens is 608 g/mol. The lowest BCUT2D eigenvalue weighted by Crippen LogP contribution is -2.44. The summed E-state index contributed by atoms with van der Waals surface area (Å²) in [6, 6.07) is 5.55. The Kier molecular flexibility index (Phi) is 9.53. The first-order valence-corrected chi connectivity index (χ1v) is 14.5. The predicted molar refractivity (Wildman–Crippen MR) is 145 cm³/mol. The molecule has 4 rings (SSSR count). The highest BCUT2D eigenvalue weighted by Crippen LogP contribution is 2.44. The van der Waals surface area contributed by atoms with Crippen LogP contribution >= 0.6 is 31.9 Å². The molecule has 1 aliphatic heterocycles. The predicted octanol–water partition coefficient (Wildman–Crippen LogP) is 5.26. The van der Waals surface area contributed by atoms with Crippen molar-refractivity contribution in [1.82, 2.24) is 0 Å². The van der Waals surface area contributed by atoms with Crippen LogP contribution in [0.25, 0.3) is 0 Å². The zero-order chi connectivity index (χ0) is 26.7. The Labute approximate surface area is 234 Å². The Bertz CT molecular complexity index is 1030. The molecule has 0 saturated carbocycles. The molecule has 0 spiro atoms. The van der Waals surface area contributed by atoms with Crippen molar-refractivity contribution >= 4 is 43.8 Å². The number of esters is 2. The molecule has 2 N–H and O–H groups in total. The van der Waals surface area contributed by atoms with Gasteiger partial charge in [-0.05, 0) is 80.7 Å². The zero-order valence-corrected chi connectivity index (χ0v) is 24.2. The van der Waals surface area contributed by atoms with Gasteiger partial charge in [-0.25, -0.2) is 4.79 Å². The second-order valence-electron chi connectivity index (χ2n) is 10.2. The molecule has 37 heavy (non-hydrogen) atoms. The monoisotopic (exact) mass is 640 g/mol. The van der Waals surface area contributed by atoms with Crippen LogP contribution in [0.15, 0.2) is 50.9 Å². The Morgan fingerprint density at radius 1 is 1.19 bits per heavy atom. The maximum absolute atomic E-state index is 13.3. The zero-order valence-electron chi connectivity index (χ0n) is 21.0. The lowest BCUT2D eigenvalue weighted by Gasteiger charge is -2.43. The second-order valence-corrected chi connectivity index (χ2v) is 11.9. The summed E-state index contributed by atoms with van der Waals surface area (Å²) in [6.07, 6.45) is 5.53. The Morgan fingerprint density at radius 3 is 2.59 bits per heavy atom. The van der Waals surface area contributed by atoms with E-state index in [1.165, 1.54) is 0 Å². The van der Waals surface area contributed by atoms with Crippen molar-refractivity contribution in [3.8, 4) is 5.75 Å². The standard InChI is InChI=1S/C28H34Br2O7/c1-3-23(36-27-21(29)5-4-6-22(27)30)28(34)37-24-13-17(31)11-16-8-7-15(2)20(26(16)24)10-9-19-12-18(32)14-25(33)35-19/h4-8,11,15,17-20,23-24,26,31-32H,3,9-10,12-14H2,1-2H3/t15?,17?,18-,19-,20?,23+,24?,26?/m1/s1. The van der Waals surface area contributed by atoms with Gasteiger partial charge in [-0.3, -0.25) is 4.79 Å². The normalized spacial score (nSPS) is 32.1. The van der Waals surface area contributed by atoms with Gasteiger partial charge >= 0.3 is 11.9 Å². The fourth-order valence-electron chi connectivity index (χ4n) is 5.66. The van der Waals surface area contributed by atoms with Crippen LogP contribution < -0.4 is 4.74 Å². The Balaban J connectivity index is 1.49. The highest BCUT2D eigenvalue weighted by molar-refractivity contribution is 9.11. The summed E-state index contributed by atoms with van der Waals surface area (Å²) >= 11 is 6.95. The van der Waals surface area contributed by atoms with E-state index in [0.717, 1.165) is 20.9 Å². The second kappa shape index (κ2) is 12.5. The van der Waals surface area contributed by atoms with E-state index >= 15 is 0 Å². The highest BCUT2D eigenvalue weighted by atomic mass is 79.9. The summed E-state index contributed by atoms with van der Waals surface area (Å²) in [5.41, 5.74) is 0.961. The first kappa shape index (κ1) is 28.3. The van der Waals surface area contributed by atoms with Crippen LogP contribution in [0.1, 0.15) is 52.4 Å². The SMILES string of the molecule is CC[C@H](Oc1c(Br)cccc1Br)C(=O)OC1CC(O)C=C2C=CC(C)C(CC[C@@H]3C[C@@H](O)CC(=O)O3)C21. The van der Waals surface area contributed by atoms with Crippen LogP contribution in [-0.2, 0) is 19.1 Å². The molecule has 9 heteroatoms. The molecule has 0 amide bonds. The Morgan fingerprint density at radius 2 is 1.92 bits per heavy atom. The van der Waals surface area contributed by atoms with Gasteiger partial charge in [-0.2, -0.15) is 0 Å². The minimum Gasteiger partial charge on any atom is -0.476 e. The maximum Gasteiger partial charge on any atom is 0.347 e. The minimum absolute atomic E-state index is 0.0429. The maximum atomic E-state index is 13.3. The highest BCUT2D eigenvalue weighted by Gasteiger charge is 2.43. The number of aliphatic hydroxyl groups excluding tert-OH is 2. The van der Waals surface area contributed by atoms with Crippen molar-refractivity contribution in [2.45, 2.75) is 82.9 Å². The number of fused-ring (bicyclic) bond motifs is 1. The number of halogens is 2. The van der Waals surface area contributed by atoms with Crippen LogP contribution in [0, 0.1) is 17.8 Å². The van der Waals surface area contributed by atoms with Crippen molar-refractivity contribution in [3.63, 3.8) is 0 Å². The molecule has 5 unspecified atom stereocenters. The van der Waals surface area contributed by atoms with Crippen molar-refractivity contribution in [3.05, 3.63) is 50.9 Å². The van der Waals surface area contributed by atoms with E-state index < -0.39 is 30.4 Å². The van der Waals surface area contributed by atoms with E-state index in [9.17, 15) is 19.8 Å². The minimum atomic E-state index is -0.806. The third-order valence-electron chi connectivity index (χ3n) is 7.51. The van der Waals surface area contributed by atoms with Gasteiger partial charge in [0.2, 0.25) is 0 Å². The van der Waals surface area contributed by atoms with Gasteiger partial charge < -0.3 is 24.4 Å². The Hall–Kier alpha value is -1.68. The number of para-hydroxylation sites is 1. The number of hydrogen-bond acceptors (Lipinski definition) is 7. The number of ether oxygens (including phenoxy) is 3. The van der Waals surface area contributed by atoms with Crippen LogP contribution in [0.2, 0.25) is 0 Å². The summed E-state index contributed by atoms with van der Waals surface area (Å²) in [4.78, 5) is 25.1. The lowest BCUT2D eigenvalue weighted by molar-refractivity contribution is -0.165. The number of aliphatic hydroxyl groups is 2. The van der Waals surface area contributed by atoms with E-state index in [2.05, 4.69) is 44.9 Å². The smallest absolute Gasteiger partial charge is 0.347 e. The first-order valence-electron chi connectivity index (χ1n) is 12.9. The average molecular weight is 642 g/mol. The lowest BCUT2D eigenvalue weighted by atomic mass is 9.66. The van der Waals surface area contributed by atoms with Crippen LogP contribution in [0.5, 0.6) is 5.75 Å². The third kappa shape index (κ3) is 6.85. The van der Waals surface area contributed by atoms with E-state index in [4.69, 9.17) is 14.2 Å².